The van der Waals surface area contributed by atoms with E-state index in [4.69, 9.17) is 0 Å². The highest BCUT2D eigenvalue weighted by Crippen LogP contribution is 2.11. The summed E-state index contributed by atoms with van der Waals surface area (Å²) in [5.41, 5.74) is 0. The van der Waals surface area contributed by atoms with Crippen LogP contribution in [-0.4, -0.2) is 37.1 Å². The summed E-state index contributed by atoms with van der Waals surface area (Å²) in [4.78, 5) is 2.60. The van der Waals surface area contributed by atoms with Gasteiger partial charge in [-0.05, 0) is 39.4 Å². The van der Waals surface area contributed by atoms with Gasteiger partial charge in [0.05, 0.1) is 0 Å². The fourth-order valence-electron chi connectivity index (χ4n) is 1.84. The minimum atomic E-state index is 0.727. The summed E-state index contributed by atoms with van der Waals surface area (Å²) in [5, 5.41) is 3.40. The predicted molar refractivity (Wildman–Crippen MR) is 53.4 cm³/mol. The zero-order valence-electron chi connectivity index (χ0n) is 8.47. The average Bonchev–Trinajstić information content (AvgIpc) is 2.15. The molecule has 0 aromatic carbocycles. The molecule has 0 bridgehead atoms. The Morgan fingerprint density at radius 2 is 1.92 bits per heavy atom. The smallest absolute Gasteiger partial charge is 0.0192 e. The van der Waals surface area contributed by atoms with E-state index in [0.29, 0.717) is 0 Å². The first kappa shape index (κ1) is 10.0. The van der Waals surface area contributed by atoms with E-state index >= 15 is 0 Å². The summed E-state index contributed by atoms with van der Waals surface area (Å²) in [7, 11) is 0. The lowest BCUT2D eigenvalue weighted by molar-refractivity contribution is 0.171. The number of hydrogen-bond donors (Lipinski definition) is 1. The van der Waals surface area contributed by atoms with Gasteiger partial charge in [-0.25, -0.2) is 0 Å². The molecule has 1 rings (SSSR count). The van der Waals surface area contributed by atoms with Crippen LogP contribution in [0.1, 0.15) is 33.1 Å². The summed E-state index contributed by atoms with van der Waals surface area (Å²) in [6.07, 6.45) is 4.23. The highest BCUT2D eigenvalue weighted by molar-refractivity contribution is 4.72. The first-order chi connectivity index (χ1) is 5.84. The van der Waals surface area contributed by atoms with Crippen LogP contribution in [0.15, 0.2) is 0 Å². The van der Waals surface area contributed by atoms with Crippen molar-refractivity contribution in [2.75, 3.05) is 26.2 Å². The molecule has 72 valence electrons. The molecular weight excluding hydrogens is 148 g/mol. The number of nitrogens with zero attached hydrogens (tertiary/aromatic N) is 1. The maximum atomic E-state index is 3.40. The predicted octanol–water partition coefficient (Wildman–Crippen LogP) is 1.47. The molecule has 1 fully saturated rings. The van der Waals surface area contributed by atoms with Gasteiger partial charge in [-0.1, -0.05) is 13.3 Å². The maximum Gasteiger partial charge on any atom is 0.0192 e. The molecule has 12 heavy (non-hydrogen) atoms. The largest absolute Gasteiger partial charge is 0.315 e. The van der Waals surface area contributed by atoms with Crippen molar-refractivity contribution >= 4 is 0 Å². The van der Waals surface area contributed by atoms with Crippen LogP contribution >= 0.6 is 0 Å². The van der Waals surface area contributed by atoms with Gasteiger partial charge in [-0.3, -0.25) is 4.90 Å². The van der Waals surface area contributed by atoms with E-state index in [2.05, 4.69) is 24.1 Å². The Labute approximate surface area is 76.3 Å². The topological polar surface area (TPSA) is 15.3 Å². The fraction of sp³-hybridized carbons (Fsp3) is 1.00. The molecule has 1 N–H and O–H groups in total. The molecule has 0 aliphatic carbocycles. The van der Waals surface area contributed by atoms with E-state index in [1.807, 2.05) is 0 Å². The molecule has 0 amide bonds. The molecule has 2 heteroatoms. The van der Waals surface area contributed by atoms with Gasteiger partial charge in [0.15, 0.2) is 0 Å². The van der Waals surface area contributed by atoms with Crippen LogP contribution in [0.4, 0.5) is 0 Å². The zero-order chi connectivity index (χ0) is 8.81. The molecule has 2 nitrogen and oxygen atoms in total. The number of hydrogen-bond acceptors (Lipinski definition) is 2. The van der Waals surface area contributed by atoms with Crippen LogP contribution in [0, 0.1) is 0 Å². The quantitative estimate of drug-likeness (QED) is 0.687. The van der Waals surface area contributed by atoms with Crippen molar-refractivity contribution in [2.24, 2.45) is 0 Å². The van der Waals surface area contributed by atoms with Crippen LogP contribution in [0.2, 0.25) is 0 Å². The van der Waals surface area contributed by atoms with Gasteiger partial charge in [-0.2, -0.15) is 0 Å². The molecular formula is C10H22N2. The van der Waals surface area contributed by atoms with Crippen LogP contribution in [0.3, 0.4) is 0 Å². The van der Waals surface area contributed by atoms with Crippen molar-refractivity contribution in [3.63, 3.8) is 0 Å². The molecule has 1 saturated heterocycles. The Kier molecular flexibility index (Phi) is 4.62. The number of nitrogens with one attached hydrogen (secondary N) is 1. The number of piperidine rings is 1. The van der Waals surface area contributed by atoms with E-state index < -0.39 is 0 Å². The second kappa shape index (κ2) is 5.55. The average molecular weight is 170 g/mol. The third kappa shape index (κ3) is 3.11. The van der Waals surface area contributed by atoms with Crippen LogP contribution in [-0.2, 0) is 0 Å². The Balaban J connectivity index is 2.15. The van der Waals surface area contributed by atoms with Gasteiger partial charge in [0.25, 0.3) is 0 Å². The summed E-state index contributed by atoms with van der Waals surface area (Å²) in [6.45, 7) is 9.37. The van der Waals surface area contributed by atoms with E-state index in [1.165, 1.54) is 32.4 Å². The minimum absolute atomic E-state index is 0.727. The fourth-order valence-corrected chi connectivity index (χ4v) is 1.84. The summed E-state index contributed by atoms with van der Waals surface area (Å²) >= 11 is 0. The van der Waals surface area contributed by atoms with Crippen molar-refractivity contribution in [1.82, 2.24) is 10.2 Å². The molecule has 0 radical (unpaired) electrons. The first-order valence-corrected chi connectivity index (χ1v) is 5.29. The van der Waals surface area contributed by atoms with E-state index in [1.54, 1.807) is 0 Å². The van der Waals surface area contributed by atoms with Crippen LogP contribution in [0.25, 0.3) is 0 Å². The van der Waals surface area contributed by atoms with Crippen molar-refractivity contribution in [2.45, 2.75) is 39.2 Å². The van der Waals surface area contributed by atoms with Gasteiger partial charge in [0.1, 0.15) is 0 Å². The Morgan fingerprint density at radius 3 is 2.50 bits per heavy atom. The zero-order valence-corrected chi connectivity index (χ0v) is 8.47. The molecule has 0 spiro atoms. The normalized spacial score (nSPS) is 22.5. The second-order valence-electron chi connectivity index (χ2n) is 3.75. The van der Waals surface area contributed by atoms with Crippen molar-refractivity contribution in [3.05, 3.63) is 0 Å². The molecule has 0 aromatic rings. The molecule has 1 heterocycles. The van der Waals surface area contributed by atoms with E-state index in [0.717, 1.165) is 19.1 Å². The molecule has 0 saturated carbocycles. The lowest BCUT2D eigenvalue weighted by atomic mass is 10.1. The molecule has 0 unspecified atom stereocenters. The monoisotopic (exact) mass is 170 g/mol. The van der Waals surface area contributed by atoms with Crippen molar-refractivity contribution in [1.29, 1.82) is 0 Å². The lowest BCUT2D eigenvalue weighted by Crippen LogP contribution is -2.43. The highest BCUT2D eigenvalue weighted by atomic mass is 15.2. The maximum absolute atomic E-state index is 3.40. The third-order valence-electron chi connectivity index (χ3n) is 2.70. The minimum Gasteiger partial charge on any atom is -0.315 e. The van der Waals surface area contributed by atoms with Gasteiger partial charge >= 0.3 is 0 Å². The van der Waals surface area contributed by atoms with Gasteiger partial charge in [0.2, 0.25) is 0 Å². The van der Waals surface area contributed by atoms with Crippen LogP contribution < -0.4 is 5.32 Å². The standard InChI is InChI=1S/C10H22N2/c1-3-11-9-10(2)12-7-5-4-6-8-12/h10-11H,3-9H2,1-2H3/t10-/m0/s1. The molecule has 1 atom stereocenters. The third-order valence-corrected chi connectivity index (χ3v) is 2.70. The Hall–Kier alpha value is -0.0800. The number of likely N-dealkylation sites (tertiary alicyclic amines) is 1. The Morgan fingerprint density at radius 1 is 1.25 bits per heavy atom. The van der Waals surface area contributed by atoms with Gasteiger partial charge < -0.3 is 5.32 Å². The van der Waals surface area contributed by atoms with Crippen molar-refractivity contribution < 1.29 is 0 Å². The highest BCUT2D eigenvalue weighted by Gasteiger charge is 2.15. The number of rotatable bonds is 4. The van der Waals surface area contributed by atoms with E-state index in [-0.39, 0.29) is 0 Å². The summed E-state index contributed by atoms with van der Waals surface area (Å²) < 4.78 is 0. The van der Waals surface area contributed by atoms with Gasteiger partial charge in [-0.15, -0.1) is 0 Å². The number of likely N-dealkylation sites (N-methyl/N-ethyl adjacent to an activating group) is 1. The lowest BCUT2D eigenvalue weighted by Gasteiger charge is -2.32. The van der Waals surface area contributed by atoms with Crippen molar-refractivity contribution in [3.8, 4) is 0 Å². The first-order valence-electron chi connectivity index (χ1n) is 5.29. The molecule has 1 aliphatic rings. The molecule has 1 aliphatic heterocycles. The summed E-state index contributed by atoms with van der Waals surface area (Å²) in [5.74, 6) is 0. The SMILES string of the molecule is CCNC[C@H](C)N1CCCCC1. The van der Waals surface area contributed by atoms with E-state index in [9.17, 15) is 0 Å². The van der Waals surface area contributed by atoms with Gasteiger partial charge in [0, 0.05) is 12.6 Å². The molecule has 0 aromatic heterocycles. The van der Waals surface area contributed by atoms with Crippen LogP contribution in [0.5, 0.6) is 0 Å². The second-order valence-corrected chi connectivity index (χ2v) is 3.75. The Bertz CT molecular complexity index is 108. The summed E-state index contributed by atoms with van der Waals surface area (Å²) in [6, 6.07) is 0.727.